The van der Waals surface area contributed by atoms with Crippen molar-refractivity contribution in [3.63, 3.8) is 0 Å². The van der Waals surface area contributed by atoms with Gasteiger partial charge < -0.3 is 20.6 Å². The van der Waals surface area contributed by atoms with Crippen LogP contribution in [-0.2, 0) is 0 Å². The van der Waals surface area contributed by atoms with Gasteiger partial charge in [-0.3, -0.25) is 0 Å². The minimum atomic E-state index is -0.209. The highest BCUT2D eigenvalue weighted by Gasteiger charge is 2.17. The Kier molecular flexibility index (Phi) is 2.93. The Balaban J connectivity index is 2.15. The maximum absolute atomic E-state index is 9.14. The molecule has 92 valence electrons. The summed E-state index contributed by atoms with van der Waals surface area (Å²) in [6.07, 6.45) is 0. The summed E-state index contributed by atoms with van der Waals surface area (Å²) >= 11 is 0. The number of aromatic nitrogens is 1. The molecule has 1 aromatic carbocycles. The number of benzene rings is 1. The van der Waals surface area contributed by atoms with E-state index in [1.807, 2.05) is 19.9 Å². The number of aliphatic hydroxyl groups excluding tert-OH is 1. The third-order valence-corrected chi connectivity index (χ3v) is 2.56. The van der Waals surface area contributed by atoms with Gasteiger partial charge in [-0.15, -0.1) is 0 Å². The van der Waals surface area contributed by atoms with Crippen molar-refractivity contribution < 1.29 is 9.52 Å². The van der Waals surface area contributed by atoms with Crippen LogP contribution in [0.25, 0.3) is 11.1 Å². The molecule has 0 aliphatic heterocycles. The zero-order chi connectivity index (χ0) is 12.5. The lowest BCUT2D eigenvalue weighted by atomic mass is 9.95. The van der Waals surface area contributed by atoms with E-state index in [2.05, 4.69) is 10.3 Å². The van der Waals surface area contributed by atoms with Crippen molar-refractivity contribution in [1.29, 1.82) is 0 Å². The zero-order valence-electron chi connectivity index (χ0n) is 10.0. The fraction of sp³-hybridized carbons (Fsp3) is 0.417. The van der Waals surface area contributed by atoms with Gasteiger partial charge in [0, 0.05) is 30.3 Å². The van der Waals surface area contributed by atoms with E-state index in [9.17, 15) is 0 Å². The molecule has 17 heavy (non-hydrogen) atoms. The average molecular weight is 235 g/mol. The number of fused-ring (bicyclic) bond motifs is 1. The quantitative estimate of drug-likeness (QED) is 0.704. The van der Waals surface area contributed by atoms with Gasteiger partial charge in [0.2, 0.25) is 0 Å². The molecule has 0 radical (unpaired) electrons. The SMILES string of the molecule is CC(C)(CO)CNc1nc2ccc(N)cc2o1. The van der Waals surface area contributed by atoms with E-state index >= 15 is 0 Å². The van der Waals surface area contributed by atoms with Crippen molar-refractivity contribution in [1.82, 2.24) is 4.98 Å². The minimum absolute atomic E-state index is 0.104. The second kappa shape index (κ2) is 4.25. The predicted molar refractivity (Wildman–Crippen MR) is 67.8 cm³/mol. The Labute approximate surface area is 99.6 Å². The molecule has 5 heteroatoms. The third-order valence-electron chi connectivity index (χ3n) is 2.56. The average Bonchev–Trinajstić information content (AvgIpc) is 2.68. The van der Waals surface area contributed by atoms with Crippen LogP contribution in [0.5, 0.6) is 0 Å². The van der Waals surface area contributed by atoms with Gasteiger partial charge in [-0.1, -0.05) is 13.8 Å². The number of nitrogen functional groups attached to an aromatic ring is 1. The van der Waals surface area contributed by atoms with Crippen LogP contribution in [0.15, 0.2) is 22.6 Å². The summed E-state index contributed by atoms with van der Waals surface area (Å²) in [6.45, 7) is 4.61. The molecular weight excluding hydrogens is 218 g/mol. The molecule has 0 aliphatic carbocycles. The largest absolute Gasteiger partial charge is 0.423 e. The molecule has 0 saturated carbocycles. The maximum atomic E-state index is 9.14. The first kappa shape index (κ1) is 11.7. The Morgan fingerprint density at radius 2 is 2.24 bits per heavy atom. The van der Waals surface area contributed by atoms with Gasteiger partial charge in [0.15, 0.2) is 5.58 Å². The van der Waals surface area contributed by atoms with Crippen molar-refractivity contribution in [2.45, 2.75) is 13.8 Å². The molecule has 0 atom stereocenters. The molecule has 0 aliphatic rings. The molecule has 5 nitrogen and oxygen atoms in total. The van der Waals surface area contributed by atoms with Crippen LogP contribution in [0.4, 0.5) is 11.7 Å². The molecule has 0 amide bonds. The lowest BCUT2D eigenvalue weighted by Gasteiger charge is -2.20. The number of oxazole rings is 1. The smallest absolute Gasteiger partial charge is 0.295 e. The number of nitrogens with one attached hydrogen (secondary N) is 1. The van der Waals surface area contributed by atoms with Crippen LogP contribution in [0.1, 0.15) is 13.8 Å². The summed E-state index contributed by atoms with van der Waals surface area (Å²) in [5.41, 5.74) is 7.53. The molecule has 1 heterocycles. The lowest BCUT2D eigenvalue weighted by molar-refractivity contribution is 0.170. The van der Waals surface area contributed by atoms with Crippen molar-refractivity contribution in [3.05, 3.63) is 18.2 Å². The van der Waals surface area contributed by atoms with E-state index in [4.69, 9.17) is 15.3 Å². The first-order valence-electron chi connectivity index (χ1n) is 5.51. The summed E-state index contributed by atoms with van der Waals surface area (Å²) < 4.78 is 5.50. The normalized spacial score (nSPS) is 11.9. The van der Waals surface area contributed by atoms with E-state index in [1.165, 1.54) is 0 Å². The second-order valence-electron chi connectivity index (χ2n) is 4.92. The molecule has 4 N–H and O–H groups in total. The van der Waals surface area contributed by atoms with E-state index in [0.717, 1.165) is 5.52 Å². The summed E-state index contributed by atoms with van der Waals surface area (Å²) in [5, 5.41) is 12.2. The fourth-order valence-electron chi connectivity index (χ4n) is 1.39. The number of hydrogen-bond donors (Lipinski definition) is 3. The van der Waals surface area contributed by atoms with Crippen molar-refractivity contribution in [2.75, 3.05) is 24.2 Å². The van der Waals surface area contributed by atoms with Crippen LogP contribution in [0, 0.1) is 5.41 Å². The first-order chi connectivity index (χ1) is 8.00. The van der Waals surface area contributed by atoms with Gasteiger partial charge >= 0.3 is 0 Å². The van der Waals surface area contributed by atoms with E-state index in [1.54, 1.807) is 12.1 Å². The van der Waals surface area contributed by atoms with E-state index in [-0.39, 0.29) is 12.0 Å². The van der Waals surface area contributed by atoms with Crippen molar-refractivity contribution in [2.24, 2.45) is 5.41 Å². The topological polar surface area (TPSA) is 84.3 Å². The molecule has 0 fully saturated rings. The van der Waals surface area contributed by atoms with Crippen molar-refractivity contribution in [3.8, 4) is 0 Å². The maximum Gasteiger partial charge on any atom is 0.295 e. The monoisotopic (exact) mass is 235 g/mol. The first-order valence-corrected chi connectivity index (χ1v) is 5.51. The molecule has 0 saturated heterocycles. The van der Waals surface area contributed by atoms with Crippen LogP contribution in [-0.4, -0.2) is 23.2 Å². The summed E-state index contributed by atoms with van der Waals surface area (Å²) in [5.74, 6) is 0. The standard InChI is InChI=1S/C12H17N3O2/c1-12(2,7-16)6-14-11-15-9-4-3-8(13)5-10(9)17-11/h3-5,16H,6-7,13H2,1-2H3,(H,14,15). The van der Waals surface area contributed by atoms with Gasteiger partial charge in [-0.2, -0.15) is 4.98 Å². The van der Waals surface area contributed by atoms with Crippen LogP contribution < -0.4 is 11.1 Å². The molecule has 2 rings (SSSR count). The highest BCUT2D eigenvalue weighted by atomic mass is 16.4. The predicted octanol–water partition coefficient (Wildman–Crippen LogP) is 1.84. The highest BCUT2D eigenvalue weighted by Crippen LogP contribution is 2.22. The van der Waals surface area contributed by atoms with E-state index in [0.29, 0.717) is 23.8 Å². The Bertz CT molecular complexity index is 519. The number of anilines is 2. The van der Waals surface area contributed by atoms with Crippen LogP contribution in [0.3, 0.4) is 0 Å². The summed E-state index contributed by atoms with van der Waals surface area (Å²) in [6, 6.07) is 5.79. The summed E-state index contributed by atoms with van der Waals surface area (Å²) in [7, 11) is 0. The molecular formula is C12H17N3O2. The lowest BCUT2D eigenvalue weighted by Crippen LogP contribution is -2.26. The number of nitrogens with two attached hydrogens (primary N) is 1. The van der Waals surface area contributed by atoms with Gasteiger partial charge in [-0.25, -0.2) is 0 Å². The van der Waals surface area contributed by atoms with Gasteiger partial charge in [0.1, 0.15) is 5.52 Å². The summed E-state index contributed by atoms with van der Waals surface area (Å²) in [4.78, 5) is 4.28. The fourth-order valence-corrected chi connectivity index (χ4v) is 1.39. The molecule has 0 bridgehead atoms. The van der Waals surface area contributed by atoms with Crippen molar-refractivity contribution >= 4 is 22.8 Å². The van der Waals surface area contributed by atoms with E-state index < -0.39 is 0 Å². The van der Waals surface area contributed by atoms with Gasteiger partial charge in [0.05, 0.1) is 0 Å². The van der Waals surface area contributed by atoms with Crippen LogP contribution in [0.2, 0.25) is 0 Å². The van der Waals surface area contributed by atoms with Crippen LogP contribution >= 0.6 is 0 Å². The zero-order valence-corrected chi connectivity index (χ0v) is 10.0. The molecule has 0 spiro atoms. The number of hydrogen-bond acceptors (Lipinski definition) is 5. The Morgan fingerprint density at radius 3 is 2.94 bits per heavy atom. The highest BCUT2D eigenvalue weighted by molar-refractivity contribution is 5.78. The van der Waals surface area contributed by atoms with Gasteiger partial charge in [-0.05, 0) is 12.1 Å². The second-order valence-corrected chi connectivity index (χ2v) is 4.92. The number of aliphatic hydroxyl groups is 1. The number of rotatable bonds is 4. The molecule has 2 aromatic rings. The number of nitrogens with zero attached hydrogens (tertiary/aromatic N) is 1. The molecule has 1 aromatic heterocycles. The Morgan fingerprint density at radius 1 is 1.47 bits per heavy atom. The Hall–Kier alpha value is -1.75. The molecule has 0 unspecified atom stereocenters. The minimum Gasteiger partial charge on any atom is -0.423 e. The third kappa shape index (κ3) is 2.68. The van der Waals surface area contributed by atoms with Gasteiger partial charge in [0.25, 0.3) is 6.01 Å².